The molecule has 5 heterocycles. The van der Waals surface area contributed by atoms with Crippen molar-refractivity contribution in [3.63, 3.8) is 0 Å². The van der Waals surface area contributed by atoms with E-state index in [1.807, 2.05) is 29.2 Å². The molecular weight excluding hydrogens is 613 g/mol. The van der Waals surface area contributed by atoms with Crippen LogP contribution in [0.3, 0.4) is 0 Å². The number of nitrogens with zero attached hydrogens (tertiary/aromatic N) is 7. The van der Waals surface area contributed by atoms with Crippen LogP contribution >= 0.6 is 0 Å². The summed E-state index contributed by atoms with van der Waals surface area (Å²) < 4.78 is 52.4. The number of hydrogen-bond donors (Lipinski definition) is 1. The lowest BCUT2D eigenvalue weighted by Crippen LogP contribution is -2.45. The van der Waals surface area contributed by atoms with Crippen LogP contribution in [0.5, 0.6) is 5.75 Å². The minimum absolute atomic E-state index is 0.0190. The van der Waals surface area contributed by atoms with Crippen LogP contribution in [-0.2, 0) is 11.3 Å². The molecule has 2 atom stereocenters. The fourth-order valence-electron chi connectivity index (χ4n) is 6.69. The molecule has 14 heteroatoms. The van der Waals surface area contributed by atoms with Crippen molar-refractivity contribution in [3.05, 3.63) is 95.1 Å². The van der Waals surface area contributed by atoms with Crippen molar-refractivity contribution in [2.24, 2.45) is 0 Å². The number of nitrogens with one attached hydrogen (secondary N) is 1. The molecule has 1 amide bonds. The number of anilines is 1. The van der Waals surface area contributed by atoms with Gasteiger partial charge < -0.3 is 19.5 Å². The molecule has 0 aliphatic carbocycles. The smallest absolute Gasteiger partial charge is 0.326 e. The number of amides is 1. The maximum absolute atomic E-state index is 14.8. The standard InChI is InChI=1S/C33H27F3N8O3/c1-41-10-3-11-42-29-22(7-8-24(35)28(29)40-33(42)46)18-4-2-5-20(12-18)47-21-14-27(32(41)45)43(16-21)30-23-15-39-44(31(23)38-17-37-30)26-9-6-19(34)13-25(26)36/h2,4-9,12-13,15,17,21,27H,3,10-11,14,16H2,1H3,(H,40,46)/t21-,27-/m0/s1. The summed E-state index contributed by atoms with van der Waals surface area (Å²) in [6.07, 6.45) is 3.18. The predicted octanol–water partition coefficient (Wildman–Crippen LogP) is 4.43. The highest BCUT2D eigenvalue weighted by Crippen LogP contribution is 2.35. The first-order valence-electron chi connectivity index (χ1n) is 15.1. The van der Waals surface area contributed by atoms with E-state index in [0.717, 1.165) is 17.7 Å². The highest BCUT2D eigenvalue weighted by atomic mass is 19.1. The minimum atomic E-state index is -0.801. The molecule has 1 fully saturated rings. The number of imidazole rings is 1. The number of aromatic amines is 1. The maximum atomic E-state index is 14.8. The van der Waals surface area contributed by atoms with Gasteiger partial charge in [-0.1, -0.05) is 12.1 Å². The van der Waals surface area contributed by atoms with Crippen molar-refractivity contribution in [2.75, 3.05) is 25.0 Å². The number of ether oxygens (including phenoxy) is 1. The summed E-state index contributed by atoms with van der Waals surface area (Å²) in [6.45, 7) is 0.883. The molecule has 1 saturated heterocycles. The largest absolute Gasteiger partial charge is 0.488 e. The number of fused-ring (bicyclic) bond motifs is 6. The van der Waals surface area contributed by atoms with Crippen LogP contribution in [0.25, 0.3) is 38.9 Å². The Balaban J connectivity index is 1.20. The number of likely N-dealkylation sites (N-methyl/N-ethyl adjacent to an activating group) is 1. The Bertz CT molecular complexity index is 2260. The van der Waals surface area contributed by atoms with E-state index in [4.69, 9.17) is 4.74 Å². The summed E-state index contributed by atoms with van der Waals surface area (Å²) in [7, 11) is 1.70. The Morgan fingerprint density at radius 2 is 1.85 bits per heavy atom. The number of aryl methyl sites for hydroxylation is 1. The van der Waals surface area contributed by atoms with Gasteiger partial charge in [0.15, 0.2) is 11.5 Å². The minimum Gasteiger partial charge on any atom is -0.488 e. The third kappa shape index (κ3) is 4.78. The summed E-state index contributed by atoms with van der Waals surface area (Å²) in [5, 5.41) is 4.81. The van der Waals surface area contributed by atoms with Gasteiger partial charge in [-0.25, -0.2) is 32.6 Å². The second kappa shape index (κ2) is 11.0. The summed E-state index contributed by atoms with van der Waals surface area (Å²) >= 11 is 0. The lowest BCUT2D eigenvalue weighted by molar-refractivity contribution is -0.131. The van der Waals surface area contributed by atoms with Crippen LogP contribution < -0.4 is 15.3 Å². The number of carbonyl (C=O) groups excluding carboxylic acids is 1. The second-order valence-corrected chi connectivity index (χ2v) is 11.8. The van der Waals surface area contributed by atoms with E-state index in [-0.39, 0.29) is 29.3 Å². The first kappa shape index (κ1) is 28.8. The average molecular weight is 641 g/mol. The molecule has 1 N–H and O–H groups in total. The molecule has 11 nitrogen and oxygen atoms in total. The molecule has 0 radical (unpaired) electrons. The molecule has 0 spiro atoms. The quantitative estimate of drug-likeness (QED) is 0.298. The highest BCUT2D eigenvalue weighted by Gasteiger charge is 2.41. The first-order valence-corrected chi connectivity index (χ1v) is 15.1. The second-order valence-electron chi connectivity index (χ2n) is 11.8. The number of halogens is 3. The average Bonchev–Trinajstić information content (AvgIpc) is 3.77. The molecule has 6 aromatic rings. The number of hydrogen-bond acceptors (Lipinski definition) is 7. The van der Waals surface area contributed by atoms with Gasteiger partial charge in [0.1, 0.15) is 52.9 Å². The highest BCUT2D eigenvalue weighted by molar-refractivity contribution is 5.94. The fraction of sp³-hybridized carbons (Fsp3) is 0.242. The molecule has 3 aromatic heterocycles. The van der Waals surface area contributed by atoms with Crippen molar-refractivity contribution in [3.8, 4) is 22.6 Å². The zero-order chi connectivity index (χ0) is 32.4. The van der Waals surface area contributed by atoms with E-state index in [1.165, 1.54) is 33.9 Å². The lowest BCUT2D eigenvalue weighted by atomic mass is 10.0. The SMILES string of the molecule is CN1CCCn2c(=O)[nH]c3c(F)ccc(c32)-c2cccc(c2)O[C@H]2C[C@@H](C1=O)N(c1ncnc3c1cnn3-c1ccc(F)cc1F)C2. The van der Waals surface area contributed by atoms with Crippen molar-refractivity contribution in [1.82, 2.24) is 34.2 Å². The van der Waals surface area contributed by atoms with Gasteiger partial charge in [-0.2, -0.15) is 5.10 Å². The Hall–Kier alpha value is -5.66. The monoisotopic (exact) mass is 640 g/mol. The molecular formula is C33H27F3N8O3. The van der Waals surface area contributed by atoms with Gasteiger partial charge in [-0.05, 0) is 48.4 Å². The molecule has 0 unspecified atom stereocenters. The van der Waals surface area contributed by atoms with E-state index in [9.17, 15) is 22.8 Å². The van der Waals surface area contributed by atoms with Gasteiger partial charge in [-0.3, -0.25) is 9.36 Å². The zero-order valence-corrected chi connectivity index (χ0v) is 25.0. The molecule has 238 valence electrons. The topological polar surface area (TPSA) is 114 Å². The van der Waals surface area contributed by atoms with Crippen LogP contribution in [0.15, 0.2) is 71.9 Å². The summed E-state index contributed by atoms with van der Waals surface area (Å²) in [4.78, 5) is 42.0. The molecule has 0 saturated carbocycles. The Morgan fingerprint density at radius 3 is 2.70 bits per heavy atom. The van der Waals surface area contributed by atoms with Gasteiger partial charge in [0.05, 0.1) is 23.6 Å². The fourth-order valence-corrected chi connectivity index (χ4v) is 6.69. The number of aromatic nitrogens is 6. The van der Waals surface area contributed by atoms with E-state index < -0.39 is 35.3 Å². The van der Waals surface area contributed by atoms with Crippen molar-refractivity contribution < 1.29 is 22.7 Å². The van der Waals surface area contributed by atoms with Gasteiger partial charge in [-0.15, -0.1) is 0 Å². The number of carbonyl (C=O) groups is 1. The zero-order valence-electron chi connectivity index (χ0n) is 25.0. The predicted molar refractivity (Wildman–Crippen MR) is 167 cm³/mol. The van der Waals surface area contributed by atoms with Crippen LogP contribution in [0.4, 0.5) is 19.0 Å². The van der Waals surface area contributed by atoms with Crippen molar-refractivity contribution in [2.45, 2.75) is 31.5 Å². The maximum Gasteiger partial charge on any atom is 0.326 e. The van der Waals surface area contributed by atoms with Crippen molar-refractivity contribution in [1.29, 1.82) is 0 Å². The summed E-state index contributed by atoms with van der Waals surface area (Å²) in [5.41, 5.74) is 1.88. The number of benzene rings is 3. The first-order chi connectivity index (χ1) is 22.8. The molecule has 2 aliphatic heterocycles. The van der Waals surface area contributed by atoms with Gasteiger partial charge in [0.25, 0.3) is 0 Å². The molecule has 47 heavy (non-hydrogen) atoms. The van der Waals surface area contributed by atoms with Crippen LogP contribution in [0.2, 0.25) is 0 Å². The van der Waals surface area contributed by atoms with E-state index in [2.05, 4.69) is 20.1 Å². The molecule has 3 aromatic carbocycles. The number of rotatable bonds is 2. The third-order valence-corrected chi connectivity index (χ3v) is 8.88. The third-order valence-electron chi connectivity index (χ3n) is 8.88. The summed E-state index contributed by atoms with van der Waals surface area (Å²) in [6, 6.07) is 12.9. The Morgan fingerprint density at radius 1 is 0.979 bits per heavy atom. The van der Waals surface area contributed by atoms with E-state index in [1.54, 1.807) is 18.0 Å². The van der Waals surface area contributed by atoms with Crippen LogP contribution in [-0.4, -0.2) is 72.4 Å². The summed E-state index contributed by atoms with van der Waals surface area (Å²) in [5.74, 6) is -1.25. The molecule has 2 aliphatic rings. The Kier molecular flexibility index (Phi) is 6.74. The van der Waals surface area contributed by atoms with Crippen molar-refractivity contribution >= 4 is 33.8 Å². The van der Waals surface area contributed by atoms with Gasteiger partial charge >= 0.3 is 5.69 Å². The van der Waals surface area contributed by atoms with E-state index >= 15 is 0 Å². The van der Waals surface area contributed by atoms with Crippen LogP contribution in [0.1, 0.15) is 12.8 Å². The normalized spacial score (nSPS) is 18.4. The van der Waals surface area contributed by atoms with Gasteiger partial charge in [0, 0.05) is 38.2 Å². The lowest BCUT2D eigenvalue weighted by Gasteiger charge is -2.28. The van der Waals surface area contributed by atoms with Crippen LogP contribution in [0, 0.1) is 17.5 Å². The molecule has 4 bridgehead atoms. The number of H-pyrrole nitrogens is 1. The molecule has 8 rings (SSSR count). The Labute approximate surface area is 264 Å². The van der Waals surface area contributed by atoms with Gasteiger partial charge in [0.2, 0.25) is 5.91 Å². The van der Waals surface area contributed by atoms with E-state index in [0.29, 0.717) is 54.0 Å².